The minimum absolute atomic E-state index is 0.256. The summed E-state index contributed by atoms with van der Waals surface area (Å²) < 4.78 is 32.2. The summed E-state index contributed by atoms with van der Waals surface area (Å²) in [6.07, 6.45) is 2.00. The molecule has 4 rings (SSSR count). The van der Waals surface area contributed by atoms with Gasteiger partial charge in [0.1, 0.15) is 23.5 Å². The van der Waals surface area contributed by atoms with Gasteiger partial charge in [0.15, 0.2) is 0 Å². The molecule has 1 fully saturated rings. The van der Waals surface area contributed by atoms with Crippen molar-refractivity contribution in [1.29, 1.82) is 0 Å². The number of nitrogens with zero attached hydrogens (tertiary/aromatic N) is 2. The van der Waals surface area contributed by atoms with Crippen molar-refractivity contribution in [1.82, 2.24) is 15.0 Å². The molecule has 2 unspecified atom stereocenters. The first kappa shape index (κ1) is 16.4. The molecule has 6 nitrogen and oxygen atoms in total. The first-order valence-corrected chi connectivity index (χ1v) is 8.12. The van der Waals surface area contributed by atoms with E-state index in [1.165, 1.54) is 7.11 Å². The number of anilines is 1. The minimum Gasteiger partial charge on any atom is -0.481 e. The molecule has 0 spiro atoms. The van der Waals surface area contributed by atoms with Gasteiger partial charge in [-0.2, -0.15) is 0 Å². The van der Waals surface area contributed by atoms with Crippen LogP contribution in [-0.4, -0.2) is 34.1 Å². The molecule has 1 amide bonds. The molecule has 26 heavy (non-hydrogen) atoms. The lowest BCUT2D eigenvalue weighted by Crippen LogP contribution is -2.15. The van der Waals surface area contributed by atoms with E-state index >= 15 is 0 Å². The van der Waals surface area contributed by atoms with E-state index in [1.54, 1.807) is 25.3 Å². The number of rotatable bonds is 4. The van der Waals surface area contributed by atoms with Gasteiger partial charge in [-0.15, -0.1) is 0 Å². The normalized spacial score (nSPS) is 18.8. The van der Waals surface area contributed by atoms with Crippen LogP contribution < -0.4 is 10.1 Å². The maximum Gasteiger partial charge on any atom is 0.231 e. The van der Waals surface area contributed by atoms with E-state index < -0.39 is 17.9 Å². The summed E-state index contributed by atoms with van der Waals surface area (Å²) in [6, 6.07) is 3.38. The number of halogens is 2. The molecule has 3 heterocycles. The number of methoxy groups -OCH3 is 1. The van der Waals surface area contributed by atoms with Crippen molar-refractivity contribution in [2.75, 3.05) is 12.4 Å². The fraction of sp³-hybridized carbons (Fsp3) is 0.278. The SMILES string of the molecule is COc1ncc(F)c(C)c1-c1c[nH]c2nc(NC(=O)C3CC3F)ccc12. The smallest absolute Gasteiger partial charge is 0.231 e. The van der Waals surface area contributed by atoms with Gasteiger partial charge in [0, 0.05) is 17.1 Å². The Labute approximate surface area is 147 Å². The highest BCUT2D eigenvalue weighted by Gasteiger charge is 2.43. The third-order valence-corrected chi connectivity index (χ3v) is 4.54. The molecule has 2 N–H and O–H groups in total. The molecule has 0 bridgehead atoms. The van der Waals surface area contributed by atoms with Crippen molar-refractivity contribution < 1.29 is 18.3 Å². The number of aromatic amines is 1. The lowest BCUT2D eigenvalue weighted by Gasteiger charge is -2.10. The zero-order chi connectivity index (χ0) is 18.4. The summed E-state index contributed by atoms with van der Waals surface area (Å²) in [5, 5.41) is 3.34. The molecule has 2 atom stereocenters. The van der Waals surface area contributed by atoms with Gasteiger partial charge in [-0.05, 0) is 31.0 Å². The molecule has 1 saturated carbocycles. The number of amides is 1. The van der Waals surface area contributed by atoms with Crippen molar-refractivity contribution >= 4 is 22.8 Å². The van der Waals surface area contributed by atoms with Gasteiger partial charge in [0.25, 0.3) is 0 Å². The van der Waals surface area contributed by atoms with E-state index in [-0.39, 0.29) is 12.3 Å². The summed E-state index contributed by atoms with van der Waals surface area (Å²) in [5.74, 6) is -0.752. The highest BCUT2D eigenvalue weighted by Crippen LogP contribution is 2.37. The molecule has 3 aromatic rings. The monoisotopic (exact) mass is 358 g/mol. The fourth-order valence-corrected chi connectivity index (χ4v) is 2.96. The average Bonchev–Trinajstić information content (AvgIpc) is 3.22. The number of alkyl halides is 1. The minimum atomic E-state index is -1.06. The summed E-state index contributed by atoms with van der Waals surface area (Å²) in [6.45, 7) is 1.65. The van der Waals surface area contributed by atoms with Crippen LogP contribution in [-0.2, 0) is 4.79 Å². The van der Waals surface area contributed by atoms with Crippen LogP contribution in [0.3, 0.4) is 0 Å². The second-order valence-corrected chi connectivity index (χ2v) is 6.26. The van der Waals surface area contributed by atoms with Crippen molar-refractivity contribution in [3.05, 3.63) is 35.9 Å². The van der Waals surface area contributed by atoms with Gasteiger partial charge in [-0.25, -0.2) is 18.7 Å². The van der Waals surface area contributed by atoms with Gasteiger partial charge in [0.2, 0.25) is 11.8 Å². The number of hydrogen-bond donors (Lipinski definition) is 2. The van der Waals surface area contributed by atoms with E-state index in [0.717, 1.165) is 11.6 Å². The summed E-state index contributed by atoms with van der Waals surface area (Å²) in [4.78, 5) is 23.2. The van der Waals surface area contributed by atoms with Crippen LogP contribution in [0.5, 0.6) is 5.88 Å². The molecule has 3 aromatic heterocycles. The number of H-pyrrole nitrogens is 1. The Kier molecular flexibility index (Phi) is 3.82. The Morgan fingerprint density at radius 3 is 2.88 bits per heavy atom. The Balaban J connectivity index is 1.73. The van der Waals surface area contributed by atoms with Gasteiger partial charge < -0.3 is 15.0 Å². The highest BCUT2D eigenvalue weighted by atomic mass is 19.1. The van der Waals surface area contributed by atoms with Crippen LogP contribution in [0.25, 0.3) is 22.2 Å². The molecular weight excluding hydrogens is 342 g/mol. The number of fused-ring (bicyclic) bond motifs is 1. The lowest BCUT2D eigenvalue weighted by atomic mass is 10.0. The molecule has 0 radical (unpaired) electrons. The number of pyridine rings is 2. The average molecular weight is 358 g/mol. The predicted molar refractivity (Wildman–Crippen MR) is 92.2 cm³/mol. The van der Waals surface area contributed by atoms with Gasteiger partial charge in [0.05, 0.1) is 24.8 Å². The second kappa shape index (κ2) is 6.05. The number of aromatic nitrogens is 3. The number of carbonyl (C=O) groups excluding carboxylic acids is 1. The third kappa shape index (κ3) is 2.67. The van der Waals surface area contributed by atoms with E-state index in [2.05, 4.69) is 20.3 Å². The van der Waals surface area contributed by atoms with Crippen LogP contribution in [0.4, 0.5) is 14.6 Å². The summed E-state index contributed by atoms with van der Waals surface area (Å²) >= 11 is 0. The van der Waals surface area contributed by atoms with Crippen molar-refractivity contribution in [3.63, 3.8) is 0 Å². The number of hydrogen-bond acceptors (Lipinski definition) is 4. The first-order valence-electron chi connectivity index (χ1n) is 8.12. The van der Waals surface area contributed by atoms with Gasteiger partial charge in [-0.1, -0.05) is 0 Å². The molecule has 134 valence electrons. The number of carbonyl (C=O) groups is 1. The van der Waals surface area contributed by atoms with Crippen molar-refractivity contribution in [3.8, 4) is 17.0 Å². The third-order valence-electron chi connectivity index (χ3n) is 4.54. The highest BCUT2D eigenvalue weighted by molar-refractivity contribution is 5.98. The molecular formula is C18H16F2N4O2. The largest absolute Gasteiger partial charge is 0.481 e. The van der Waals surface area contributed by atoms with E-state index in [0.29, 0.717) is 34.0 Å². The van der Waals surface area contributed by atoms with Crippen LogP contribution >= 0.6 is 0 Å². The van der Waals surface area contributed by atoms with E-state index in [4.69, 9.17) is 4.74 Å². The molecule has 0 aromatic carbocycles. The maximum absolute atomic E-state index is 14.0. The topological polar surface area (TPSA) is 79.9 Å². The second-order valence-electron chi connectivity index (χ2n) is 6.26. The lowest BCUT2D eigenvalue weighted by molar-refractivity contribution is -0.117. The van der Waals surface area contributed by atoms with Crippen LogP contribution in [0, 0.1) is 18.7 Å². The van der Waals surface area contributed by atoms with E-state index in [9.17, 15) is 13.6 Å². The Hall–Kier alpha value is -3.03. The molecule has 8 heteroatoms. The molecule has 1 aliphatic rings. The fourth-order valence-electron chi connectivity index (χ4n) is 2.96. The van der Waals surface area contributed by atoms with Crippen molar-refractivity contribution in [2.24, 2.45) is 5.92 Å². The first-order chi connectivity index (χ1) is 12.5. The summed E-state index contributed by atoms with van der Waals surface area (Å²) in [5.41, 5.74) is 2.15. The Morgan fingerprint density at radius 2 is 2.19 bits per heavy atom. The quantitative estimate of drug-likeness (QED) is 0.749. The molecule has 0 aliphatic heterocycles. The zero-order valence-electron chi connectivity index (χ0n) is 14.1. The number of nitrogens with one attached hydrogen (secondary N) is 2. The standard InChI is InChI=1S/C18H16F2N4O2/c1-8-13(20)7-22-18(26-2)15(8)11-6-21-16-9(11)3-4-14(23-16)24-17(25)10-5-12(10)19/h3-4,6-7,10,12H,5H2,1-2H3,(H2,21,23,24,25). The number of ether oxygens (including phenoxy) is 1. The maximum atomic E-state index is 14.0. The van der Waals surface area contributed by atoms with Crippen LogP contribution in [0.15, 0.2) is 24.5 Å². The molecule has 1 aliphatic carbocycles. The Bertz CT molecular complexity index is 1020. The van der Waals surface area contributed by atoms with Crippen LogP contribution in [0.1, 0.15) is 12.0 Å². The van der Waals surface area contributed by atoms with E-state index in [1.807, 2.05) is 0 Å². The van der Waals surface area contributed by atoms with Gasteiger partial charge >= 0.3 is 0 Å². The Morgan fingerprint density at radius 1 is 1.42 bits per heavy atom. The van der Waals surface area contributed by atoms with Crippen molar-refractivity contribution in [2.45, 2.75) is 19.5 Å². The zero-order valence-corrected chi connectivity index (χ0v) is 14.1. The summed E-state index contributed by atoms with van der Waals surface area (Å²) in [7, 11) is 1.47. The van der Waals surface area contributed by atoms with Crippen LogP contribution in [0.2, 0.25) is 0 Å². The van der Waals surface area contributed by atoms with Gasteiger partial charge in [-0.3, -0.25) is 4.79 Å². The molecule has 0 saturated heterocycles. The predicted octanol–water partition coefficient (Wildman–Crippen LogP) is 3.38.